The smallest absolute Gasteiger partial charge is 0.253 e. The molecule has 0 aromatic heterocycles. The minimum atomic E-state index is -0.803. The van der Waals surface area contributed by atoms with Crippen LogP contribution in [0.4, 0.5) is 0 Å². The summed E-state index contributed by atoms with van der Waals surface area (Å²) in [7, 11) is 0. The number of carbonyl (C=O) groups excluding carboxylic acids is 2. The molecular weight excluding hydrogens is 462 g/mol. The molecule has 0 unspecified atom stereocenters. The Hall–Kier alpha value is -3.48. The Morgan fingerprint density at radius 3 is 2.03 bits per heavy atom. The van der Waals surface area contributed by atoms with E-state index in [2.05, 4.69) is 10.6 Å². The Labute approximate surface area is 220 Å². The van der Waals surface area contributed by atoms with Crippen LogP contribution in [0, 0.1) is 0 Å². The molecule has 0 aliphatic rings. The van der Waals surface area contributed by atoms with Gasteiger partial charge in [-0.2, -0.15) is 0 Å². The number of hydrogen-bond donors (Lipinski definition) is 3. The maximum atomic E-state index is 13.3. The lowest BCUT2D eigenvalue weighted by molar-refractivity contribution is 0.0755. The minimum Gasteiger partial charge on any atom is -0.390 e. The molecule has 0 aliphatic carbocycles. The van der Waals surface area contributed by atoms with Crippen molar-refractivity contribution in [2.24, 2.45) is 0 Å². The molecule has 0 heterocycles. The molecule has 0 saturated carbocycles. The summed E-state index contributed by atoms with van der Waals surface area (Å²) in [6.07, 6.45) is 1.44. The van der Waals surface area contributed by atoms with E-state index in [9.17, 15) is 14.7 Å². The van der Waals surface area contributed by atoms with Crippen molar-refractivity contribution in [1.29, 1.82) is 0 Å². The fourth-order valence-corrected chi connectivity index (χ4v) is 4.34. The first kappa shape index (κ1) is 28.1. The van der Waals surface area contributed by atoms with Crippen LogP contribution in [0.15, 0.2) is 84.9 Å². The minimum absolute atomic E-state index is 0.0654. The van der Waals surface area contributed by atoms with Crippen molar-refractivity contribution in [2.75, 3.05) is 19.6 Å². The number of nitrogens with zero attached hydrogens (tertiary/aromatic N) is 1. The van der Waals surface area contributed by atoms with Crippen molar-refractivity contribution < 1.29 is 14.7 Å². The van der Waals surface area contributed by atoms with E-state index in [0.29, 0.717) is 43.7 Å². The standard InChI is InChI=1S/C31H39N3O3/c1-3-18-34(19-4-2)31(37)27-17-11-16-26(21-27)30(36)33-28(20-24-12-7-5-8-13-24)29(35)23-32-22-25-14-9-6-10-15-25/h5-17,21,28-29,32,35H,3-4,18-20,22-23H2,1-2H3,(H,33,36)/t28-,29-/m0/s1. The zero-order valence-electron chi connectivity index (χ0n) is 21.9. The van der Waals surface area contributed by atoms with Crippen molar-refractivity contribution in [3.8, 4) is 0 Å². The van der Waals surface area contributed by atoms with Crippen molar-refractivity contribution in [3.63, 3.8) is 0 Å². The van der Waals surface area contributed by atoms with Gasteiger partial charge in [0.1, 0.15) is 0 Å². The highest BCUT2D eigenvalue weighted by Crippen LogP contribution is 2.12. The first-order chi connectivity index (χ1) is 18.0. The highest BCUT2D eigenvalue weighted by atomic mass is 16.3. The lowest BCUT2D eigenvalue weighted by Gasteiger charge is -2.25. The van der Waals surface area contributed by atoms with Crippen LogP contribution in [0.3, 0.4) is 0 Å². The number of carbonyl (C=O) groups is 2. The second-order valence-electron chi connectivity index (χ2n) is 9.33. The van der Waals surface area contributed by atoms with Gasteiger partial charge in [-0.1, -0.05) is 80.6 Å². The molecule has 2 amide bonds. The monoisotopic (exact) mass is 501 g/mol. The summed E-state index contributed by atoms with van der Waals surface area (Å²) in [4.78, 5) is 28.2. The van der Waals surface area contributed by atoms with E-state index < -0.39 is 12.1 Å². The molecule has 0 spiro atoms. The molecule has 3 rings (SSSR count). The molecule has 196 valence electrons. The lowest BCUT2D eigenvalue weighted by Crippen LogP contribution is -2.48. The average Bonchev–Trinajstić information content (AvgIpc) is 2.93. The SMILES string of the molecule is CCCN(CCC)C(=O)c1cccc(C(=O)N[C@@H](Cc2ccccc2)[C@@H](O)CNCc2ccccc2)c1. The van der Waals surface area contributed by atoms with E-state index in [1.165, 1.54) is 0 Å². The van der Waals surface area contributed by atoms with Crippen molar-refractivity contribution in [1.82, 2.24) is 15.5 Å². The van der Waals surface area contributed by atoms with Crippen molar-refractivity contribution in [2.45, 2.75) is 51.8 Å². The van der Waals surface area contributed by atoms with Crippen LogP contribution >= 0.6 is 0 Å². The lowest BCUT2D eigenvalue weighted by atomic mass is 10.00. The summed E-state index contributed by atoms with van der Waals surface area (Å²) >= 11 is 0. The highest BCUT2D eigenvalue weighted by molar-refractivity contribution is 5.99. The molecule has 0 fully saturated rings. The maximum Gasteiger partial charge on any atom is 0.253 e. The quantitative estimate of drug-likeness (QED) is 0.305. The molecule has 0 bridgehead atoms. The third-order valence-corrected chi connectivity index (χ3v) is 6.25. The Morgan fingerprint density at radius 1 is 0.811 bits per heavy atom. The Bertz CT molecular complexity index is 1100. The molecule has 3 aromatic carbocycles. The number of nitrogens with one attached hydrogen (secondary N) is 2. The third kappa shape index (κ3) is 8.85. The van der Waals surface area contributed by atoms with E-state index in [1.54, 1.807) is 24.3 Å². The number of amides is 2. The van der Waals surface area contributed by atoms with Gasteiger partial charge < -0.3 is 20.6 Å². The van der Waals surface area contributed by atoms with E-state index >= 15 is 0 Å². The summed E-state index contributed by atoms with van der Waals surface area (Å²) in [5, 5.41) is 17.4. The highest BCUT2D eigenvalue weighted by Gasteiger charge is 2.23. The predicted octanol–water partition coefficient (Wildman–Crippen LogP) is 4.44. The van der Waals surface area contributed by atoms with Crippen molar-refractivity contribution in [3.05, 3.63) is 107 Å². The summed E-state index contributed by atoms with van der Waals surface area (Å²) in [5.74, 6) is -0.375. The molecule has 0 saturated heterocycles. The van der Waals surface area contributed by atoms with E-state index in [-0.39, 0.29) is 11.8 Å². The van der Waals surface area contributed by atoms with Gasteiger partial charge in [-0.05, 0) is 48.6 Å². The molecule has 3 N–H and O–H groups in total. The Morgan fingerprint density at radius 2 is 1.41 bits per heavy atom. The van der Waals surface area contributed by atoms with Gasteiger partial charge >= 0.3 is 0 Å². The molecule has 6 heteroatoms. The molecule has 6 nitrogen and oxygen atoms in total. The van der Waals surface area contributed by atoms with Crippen LogP contribution in [0.5, 0.6) is 0 Å². The van der Waals surface area contributed by atoms with Crippen LogP contribution in [0.2, 0.25) is 0 Å². The average molecular weight is 502 g/mol. The number of benzene rings is 3. The molecule has 0 radical (unpaired) electrons. The second-order valence-corrected chi connectivity index (χ2v) is 9.33. The van der Waals surface area contributed by atoms with E-state index in [1.807, 2.05) is 79.4 Å². The van der Waals surface area contributed by atoms with Crippen LogP contribution in [0.1, 0.15) is 58.5 Å². The number of hydrogen-bond acceptors (Lipinski definition) is 4. The summed E-state index contributed by atoms with van der Waals surface area (Å²) in [6, 6.07) is 26.1. The summed E-state index contributed by atoms with van der Waals surface area (Å²) in [5.41, 5.74) is 3.05. The second kappa shape index (κ2) is 14.9. The maximum absolute atomic E-state index is 13.3. The fraction of sp³-hybridized carbons (Fsp3) is 0.355. The fourth-order valence-electron chi connectivity index (χ4n) is 4.34. The number of rotatable bonds is 14. The zero-order valence-corrected chi connectivity index (χ0v) is 21.9. The first-order valence-electron chi connectivity index (χ1n) is 13.2. The van der Waals surface area contributed by atoms with Gasteiger partial charge in [-0.25, -0.2) is 0 Å². The van der Waals surface area contributed by atoms with Crippen LogP contribution in [-0.4, -0.2) is 53.6 Å². The summed E-state index contributed by atoms with van der Waals surface area (Å²) in [6.45, 7) is 6.42. The molecule has 37 heavy (non-hydrogen) atoms. The topological polar surface area (TPSA) is 81.7 Å². The van der Waals surface area contributed by atoms with Gasteiger partial charge in [-0.15, -0.1) is 0 Å². The number of aliphatic hydroxyl groups excluding tert-OH is 1. The van der Waals surface area contributed by atoms with Crippen LogP contribution in [0.25, 0.3) is 0 Å². The van der Waals surface area contributed by atoms with Gasteiger partial charge in [0.15, 0.2) is 0 Å². The molecule has 0 aliphatic heterocycles. The zero-order chi connectivity index (χ0) is 26.5. The Balaban J connectivity index is 1.71. The van der Waals surface area contributed by atoms with Gasteiger partial charge in [0, 0.05) is 37.3 Å². The van der Waals surface area contributed by atoms with Crippen LogP contribution in [-0.2, 0) is 13.0 Å². The van der Waals surface area contributed by atoms with Gasteiger partial charge in [0.05, 0.1) is 12.1 Å². The van der Waals surface area contributed by atoms with Gasteiger partial charge in [0.25, 0.3) is 11.8 Å². The predicted molar refractivity (Wildman–Crippen MR) is 148 cm³/mol. The van der Waals surface area contributed by atoms with Crippen molar-refractivity contribution >= 4 is 11.8 Å². The summed E-state index contributed by atoms with van der Waals surface area (Å²) < 4.78 is 0. The van der Waals surface area contributed by atoms with Crippen LogP contribution < -0.4 is 10.6 Å². The normalized spacial score (nSPS) is 12.5. The van der Waals surface area contributed by atoms with E-state index in [0.717, 1.165) is 24.0 Å². The third-order valence-electron chi connectivity index (χ3n) is 6.25. The molecular formula is C31H39N3O3. The first-order valence-corrected chi connectivity index (χ1v) is 13.2. The molecule has 3 aromatic rings. The molecule has 2 atom stereocenters. The van der Waals surface area contributed by atoms with E-state index in [4.69, 9.17) is 0 Å². The van der Waals surface area contributed by atoms with Gasteiger partial charge in [-0.3, -0.25) is 9.59 Å². The Kier molecular flexibility index (Phi) is 11.3. The number of aliphatic hydroxyl groups is 1. The van der Waals surface area contributed by atoms with Gasteiger partial charge in [0.2, 0.25) is 0 Å². The largest absolute Gasteiger partial charge is 0.390 e.